The highest BCUT2D eigenvalue weighted by Crippen LogP contribution is 2.25. The van der Waals surface area contributed by atoms with Crippen molar-refractivity contribution < 1.29 is 4.39 Å². The molecule has 120 valence electrons. The van der Waals surface area contributed by atoms with Gasteiger partial charge in [0.05, 0.1) is 6.33 Å². The number of aromatic nitrogens is 4. The predicted molar refractivity (Wildman–Crippen MR) is 89.0 cm³/mol. The maximum absolute atomic E-state index is 13.0. The SMILES string of the molecule is Cc1nc(N(C)Cc2ccc(F)cc2)c2ncn(C(C)C)c2n1. The lowest BCUT2D eigenvalue weighted by atomic mass is 10.2. The Morgan fingerprint density at radius 1 is 1.17 bits per heavy atom. The highest BCUT2D eigenvalue weighted by Gasteiger charge is 2.16. The third-order valence-electron chi connectivity index (χ3n) is 3.77. The molecule has 0 aliphatic heterocycles. The van der Waals surface area contributed by atoms with Gasteiger partial charge in [0.2, 0.25) is 0 Å². The van der Waals surface area contributed by atoms with Gasteiger partial charge >= 0.3 is 0 Å². The van der Waals surface area contributed by atoms with Crippen molar-refractivity contribution in [3.05, 3.63) is 47.8 Å². The highest BCUT2D eigenvalue weighted by atomic mass is 19.1. The zero-order valence-corrected chi connectivity index (χ0v) is 13.8. The second kappa shape index (κ2) is 5.95. The largest absolute Gasteiger partial charge is 0.353 e. The Morgan fingerprint density at radius 2 is 1.87 bits per heavy atom. The van der Waals surface area contributed by atoms with Crippen LogP contribution in [0.3, 0.4) is 0 Å². The molecule has 2 heterocycles. The van der Waals surface area contributed by atoms with E-state index < -0.39 is 0 Å². The topological polar surface area (TPSA) is 46.8 Å². The lowest BCUT2D eigenvalue weighted by Gasteiger charge is -2.19. The number of imidazole rings is 1. The number of hydrogen-bond acceptors (Lipinski definition) is 4. The number of aryl methyl sites for hydroxylation is 1. The van der Waals surface area contributed by atoms with Gasteiger partial charge in [0.15, 0.2) is 17.0 Å². The molecule has 0 spiro atoms. The van der Waals surface area contributed by atoms with Gasteiger partial charge in [-0.05, 0) is 38.5 Å². The monoisotopic (exact) mass is 313 g/mol. The van der Waals surface area contributed by atoms with Crippen molar-refractivity contribution in [3.8, 4) is 0 Å². The molecule has 23 heavy (non-hydrogen) atoms. The van der Waals surface area contributed by atoms with Gasteiger partial charge in [0.25, 0.3) is 0 Å². The minimum absolute atomic E-state index is 0.229. The number of hydrogen-bond donors (Lipinski definition) is 0. The van der Waals surface area contributed by atoms with E-state index in [1.54, 1.807) is 18.5 Å². The van der Waals surface area contributed by atoms with Crippen LogP contribution in [0.2, 0.25) is 0 Å². The minimum atomic E-state index is -0.229. The first kappa shape index (κ1) is 15.4. The van der Waals surface area contributed by atoms with E-state index in [0.29, 0.717) is 12.4 Å². The first-order valence-electron chi connectivity index (χ1n) is 7.62. The third kappa shape index (κ3) is 3.02. The fraction of sp³-hybridized carbons (Fsp3) is 0.353. The summed E-state index contributed by atoms with van der Waals surface area (Å²) >= 11 is 0. The summed E-state index contributed by atoms with van der Waals surface area (Å²) < 4.78 is 15.1. The second-order valence-corrected chi connectivity index (χ2v) is 5.99. The summed E-state index contributed by atoms with van der Waals surface area (Å²) in [6.45, 7) is 6.70. The molecule has 0 N–H and O–H groups in total. The average molecular weight is 313 g/mol. The Balaban J connectivity index is 1.99. The molecule has 0 fully saturated rings. The Morgan fingerprint density at radius 3 is 2.52 bits per heavy atom. The summed E-state index contributed by atoms with van der Waals surface area (Å²) in [5, 5.41) is 0. The molecule has 0 amide bonds. The molecule has 0 saturated heterocycles. The van der Waals surface area contributed by atoms with Gasteiger partial charge < -0.3 is 9.47 Å². The van der Waals surface area contributed by atoms with Crippen LogP contribution in [0.4, 0.5) is 10.2 Å². The van der Waals surface area contributed by atoms with Gasteiger partial charge in [-0.1, -0.05) is 12.1 Å². The van der Waals surface area contributed by atoms with Gasteiger partial charge in [-0.25, -0.2) is 19.3 Å². The van der Waals surface area contributed by atoms with Crippen molar-refractivity contribution in [2.45, 2.75) is 33.4 Å². The number of nitrogens with zero attached hydrogens (tertiary/aromatic N) is 5. The quantitative estimate of drug-likeness (QED) is 0.740. The first-order valence-corrected chi connectivity index (χ1v) is 7.62. The molecule has 3 rings (SSSR count). The third-order valence-corrected chi connectivity index (χ3v) is 3.77. The molecule has 2 aromatic heterocycles. The van der Waals surface area contributed by atoms with Crippen LogP contribution in [-0.2, 0) is 6.54 Å². The van der Waals surface area contributed by atoms with Crippen LogP contribution in [-0.4, -0.2) is 26.6 Å². The number of rotatable bonds is 4. The van der Waals surface area contributed by atoms with E-state index in [9.17, 15) is 4.39 Å². The molecular weight excluding hydrogens is 293 g/mol. The van der Waals surface area contributed by atoms with E-state index in [-0.39, 0.29) is 11.9 Å². The molecule has 5 nitrogen and oxygen atoms in total. The van der Waals surface area contributed by atoms with E-state index in [4.69, 9.17) is 0 Å². The highest BCUT2D eigenvalue weighted by molar-refractivity contribution is 5.83. The molecule has 0 bridgehead atoms. The zero-order chi connectivity index (χ0) is 16.6. The van der Waals surface area contributed by atoms with E-state index in [1.807, 2.05) is 23.4 Å². The van der Waals surface area contributed by atoms with Crippen LogP contribution in [0.5, 0.6) is 0 Å². The number of anilines is 1. The average Bonchev–Trinajstić information content (AvgIpc) is 2.92. The zero-order valence-electron chi connectivity index (χ0n) is 13.8. The van der Waals surface area contributed by atoms with Crippen LogP contribution in [0.15, 0.2) is 30.6 Å². The van der Waals surface area contributed by atoms with Crippen molar-refractivity contribution >= 4 is 17.0 Å². The summed E-state index contributed by atoms with van der Waals surface area (Å²) in [5.74, 6) is 1.27. The molecule has 0 radical (unpaired) electrons. The molecule has 0 saturated carbocycles. The molecule has 3 aromatic rings. The second-order valence-electron chi connectivity index (χ2n) is 5.99. The summed E-state index contributed by atoms with van der Waals surface area (Å²) in [5.41, 5.74) is 2.64. The summed E-state index contributed by atoms with van der Waals surface area (Å²) in [6.07, 6.45) is 1.80. The summed E-state index contributed by atoms with van der Waals surface area (Å²) in [6, 6.07) is 6.78. The molecule has 6 heteroatoms. The van der Waals surface area contributed by atoms with Crippen LogP contribution in [0.25, 0.3) is 11.2 Å². The van der Waals surface area contributed by atoms with Crippen molar-refractivity contribution in [3.63, 3.8) is 0 Å². The Kier molecular flexibility index (Phi) is 3.98. The van der Waals surface area contributed by atoms with E-state index >= 15 is 0 Å². The molecular formula is C17H20FN5. The van der Waals surface area contributed by atoms with Crippen LogP contribution >= 0.6 is 0 Å². The molecule has 0 aliphatic rings. The van der Waals surface area contributed by atoms with E-state index in [2.05, 4.69) is 28.8 Å². The minimum Gasteiger partial charge on any atom is -0.353 e. The predicted octanol–water partition coefficient (Wildman–Crippen LogP) is 3.49. The maximum Gasteiger partial charge on any atom is 0.165 e. The van der Waals surface area contributed by atoms with Crippen LogP contribution < -0.4 is 4.90 Å². The van der Waals surface area contributed by atoms with Crippen molar-refractivity contribution in [1.29, 1.82) is 0 Å². The van der Waals surface area contributed by atoms with E-state index in [1.165, 1.54) is 12.1 Å². The standard InChI is InChI=1S/C17H20FN5/c1-11(2)23-10-19-15-16(20-12(3)21-17(15)23)22(4)9-13-5-7-14(18)8-6-13/h5-8,10-11H,9H2,1-4H3. The Bertz CT molecular complexity index is 823. The molecule has 0 atom stereocenters. The lowest BCUT2D eigenvalue weighted by Crippen LogP contribution is -2.19. The van der Waals surface area contributed by atoms with Gasteiger partial charge in [-0.2, -0.15) is 0 Å². The lowest BCUT2D eigenvalue weighted by molar-refractivity contribution is 0.612. The van der Waals surface area contributed by atoms with Crippen molar-refractivity contribution in [2.75, 3.05) is 11.9 Å². The Labute approximate surface area is 134 Å². The smallest absolute Gasteiger partial charge is 0.165 e. The van der Waals surface area contributed by atoms with Gasteiger partial charge in [-0.3, -0.25) is 0 Å². The number of benzene rings is 1. The summed E-state index contributed by atoms with van der Waals surface area (Å²) in [4.78, 5) is 15.6. The summed E-state index contributed by atoms with van der Waals surface area (Å²) in [7, 11) is 1.96. The molecule has 1 aromatic carbocycles. The Hall–Kier alpha value is -2.50. The fourth-order valence-electron chi connectivity index (χ4n) is 2.59. The van der Waals surface area contributed by atoms with Gasteiger partial charge in [0.1, 0.15) is 11.6 Å². The molecule has 0 unspecified atom stereocenters. The van der Waals surface area contributed by atoms with Gasteiger partial charge in [0, 0.05) is 19.6 Å². The number of halogens is 1. The first-order chi connectivity index (χ1) is 11.0. The van der Waals surface area contributed by atoms with Gasteiger partial charge in [-0.15, -0.1) is 0 Å². The van der Waals surface area contributed by atoms with Crippen molar-refractivity contribution in [2.24, 2.45) is 0 Å². The number of fused-ring (bicyclic) bond motifs is 1. The van der Waals surface area contributed by atoms with Crippen LogP contribution in [0, 0.1) is 12.7 Å². The van der Waals surface area contributed by atoms with Crippen molar-refractivity contribution in [1.82, 2.24) is 19.5 Å². The van der Waals surface area contributed by atoms with E-state index in [0.717, 1.165) is 22.5 Å². The van der Waals surface area contributed by atoms with Crippen LogP contribution in [0.1, 0.15) is 31.3 Å². The molecule has 0 aliphatic carbocycles. The normalized spacial score (nSPS) is 11.4. The maximum atomic E-state index is 13.0. The fourth-order valence-corrected chi connectivity index (χ4v) is 2.59.